The van der Waals surface area contributed by atoms with Crippen molar-refractivity contribution in [1.82, 2.24) is 19.8 Å². The quantitative estimate of drug-likeness (QED) is 0.198. The minimum Gasteiger partial charge on any atom is -0.461 e. The van der Waals surface area contributed by atoms with Crippen molar-refractivity contribution in [2.45, 2.75) is 69.2 Å². The predicted octanol–water partition coefficient (Wildman–Crippen LogP) is 6.67. The molecule has 6 heterocycles. The van der Waals surface area contributed by atoms with Gasteiger partial charge in [0.05, 0.1) is 39.0 Å². The molecule has 2 aromatic heterocycles. The van der Waals surface area contributed by atoms with E-state index in [9.17, 15) is 14.4 Å². The number of anilines is 2. The number of thiophene rings is 1. The third kappa shape index (κ3) is 5.41. The first-order valence-electron chi connectivity index (χ1n) is 17.3. The maximum absolute atomic E-state index is 17.2. The van der Waals surface area contributed by atoms with E-state index < -0.39 is 17.7 Å². The zero-order valence-electron chi connectivity index (χ0n) is 28.5. The highest BCUT2D eigenvalue weighted by atomic mass is 35.5. The molecular formula is C37H38ClF2N7O3S. The van der Waals surface area contributed by atoms with Crippen molar-refractivity contribution < 1.29 is 23.0 Å². The first-order valence-corrected chi connectivity index (χ1v) is 18.5. The van der Waals surface area contributed by atoms with Crippen LogP contribution < -0.4 is 15.4 Å². The van der Waals surface area contributed by atoms with E-state index >= 15 is 4.39 Å². The van der Waals surface area contributed by atoms with Crippen LogP contribution in [-0.2, 0) is 9.53 Å². The molecule has 10 nitrogen and oxygen atoms in total. The van der Waals surface area contributed by atoms with Gasteiger partial charge in [-0.3, -0.25) is 9.69 Å². The highest BCUT2D eigenvalue weighted by molar-refractivity contribution is 7.23. The molecule has 4 aromatic rings. The summed E-state index contributed by atoms with van der Waals surface area (Å²) >= 11 is 7.86. The van der Waals surface area contributed by atoms with E-state index in [-0.39, 0.29) is 71.9 Å². The lowest BCUT2D eigenvalue weighted by molar-refractivity contribution is -0.131. The lowest BCUT2D eigenvalue weighted by Crippen LogP contribution is -2.57. The molecule has 51 heavy (non-hydrogen) atoms. The molecule has 3 atom stereocenters. The summed E-state index contributed by atoms with van der Waals surface area (Å²) in [7, 11) is 1.55. The Balaban J connectivity index is 1.24. The summed E-state index contributed by atoms with van der Waals surface area (Å²) in [4.78, 5) is 29.6. The molecule has 8 rings (SSSR count). The van der Waals surface area contributed by atoms with Crippen LogP contribution in [0.1, 0.15) is 51.0 Å². The van der Waals surface area contributed by atoms with E-state index in [2.05, 4.69) is 27.4 Å². The number of methoxy groups -OCH3 is 1. The van der Waals surface area contributed by atoms with Gasteiger partial charge in [0.1, 0.15) is 34.8 Å². The van der Waals surface area contributed by atoms with Crippen molar-refractivity contribution in [3.8, 4) is 23.2 Å². The lowest BCUT2D eigenvalue weighted by atomic mass is 9.95. The number of hydrogen-bond donors (Lipinski definition) is 1. The Morgan fingerprint density at radius 3 is 2.59 bits per heavy atom. The number of amides is 1. The molecule has 2 N–H and O–H groups in total. The number of nitrogens with zero attached hydrogens (tertiary/aromatic N) is 6. The molecule has 3 unspecified atom stereocenters. The smallest absolute Gasteiger partial charge is 0.319 e. The number of benzene rings is 2. The summed E-state index contributed by atoms with van der Waals surface area (Å²) in [5.41, 5.74) is 6.70. The van der Waals surface area contributed by atoms with Crippen molar-refractivity contribution in [2.24, 2.45) is 0 Å². The van der Waals surface area contributed by atoms with Gasteiger partial charge in [0.25, 0.3) is 5.91 Å². The van der Waals surface area contributed by atoms with Crippen molar-refractivity contribution in [2.75, 3.05) is 50.5 Å². The monoisotopic (exact) mass is 733 g/mol. The van der Waals surface area contributed by atoms with Crippen LogP contribution in [0.2, 0.25) is 5.02 Å². The Hall–Kier alpha value is -4.09. The Morgan fingerprint density at radius 1 is 1.22 bits per heavy atom. The molecule has 4 saturated heterocycles. The van der Waals surface area contributed by atoms with Crippen LogP contribution in [0.15, 0.2) is 30.4 Å². The SMILES string of the molecule is C=C(C(=O)N1C2CCC1CN(c1nc(OCC34CCCN3CCC4)nc3c(F)c(-c4ccc(F)c5sc(N)c(C#N)c45)c(Cl)cc13)C2)C(C)OC. The van der Waals surface area contributed by atoms with Gasteiger partial charge in [-0.05, 0) is 76.2 Å². The van der Waals surface area contributed by atoms with Gasteiger partial charge in [0.15, 0.2) is 5.82 Å². The standard InChI is InChI=1S/C37H38ClF2N7O3S/c1-19(20(2)49-3)35(48)47-21-6-7-22(47)17-45(16-21)34-24-14-26(38)29(23-8-9-27(39)32-28(23)25(15-41)33(42)51-32)30(40)31(24)43-36(44-34)50-18-37-10-4-12-46(37)13-5-11-37/h8-9,14,20-22H,1,4-7,10-13,16-18,42H2,2-3H3. The second-order valence-corrected chi connectivity index (χ2v) is 15.6. The zero-order valence-corrected chi connectivity index (χ0v) is 30.0. The van der Waals surface area contributed by atoms with E-state index in [1.165, 1.54) is 12.1 Å². The van der Waals surface area contributed by atoms with E-state index in [1.54, 1.807) is 20.1 Å². The number of hydrogen-bond acceptors (Lipinski definition) is 10. The summed E-state index contributed by atoms with van der Waals surface area (Å²) in [6, 6.07) is 6.14. The van der Waals surface area contributed by atoms with Gasteiger partial charge < -0.3 is 25.0 Å². The number of piperazine rings is 1. The van der Waals surface area contributed by atoms with Gasteiger partial charge in [0, 0.05) is 42.1 Å². The highest BCUT2D eigenvalue weighted by Gasteiger charge is 2.46. The van der Waals surface area contributed by atoms with E-state index in [1.807, 2.05) is 4.90 Å². The number of ether oxygens (including phenoxy) is 2. The molecule has 2 aromatic carbocycles. The van der Waals surface area contributed by atoms with Gasteiger partial charge in [0.2, 0.25) is 0 Å². The van der Waals surface area contributed by atoms with Crippen LogP contribution in [0.3, 0.4) is 0 Å². The number of nitrogen functional groups attached to an aromatic ring is 1. The Labute approximate surface area is 303 Å². The maximum atomic E-state index is 17.2. The molecular weight excluding hydrogens is 696 g/mol. The first-order chi connectivity index (χ1) is 24.5. The Bertz CT molecular complexity index is 2130. The molecule has 0 aliphatic carbocycles. The number of carbonyl (C=O) groups is 1. The number of rotatable bonds is 8. The number of carbonyl (C=O) groups excluding carboxylic acids is 1. The molecule has 1 amide bonds. The van der Waals surface area contributed by atoms with Gasteiger partial charge >= 0.3 is 6.01 Å². The molecule has 4 aliphatic heterocycles. The van der Waals surface area contributed by atoms with Crippen LogP contribution in [0.4, 0.5) is 19.6 Å². The molecule has 2 bridgehead atoms. The summed E-state index contributed by atoms with van der Waals surface area (Å²) in [5.74, 6) is -0.968. The molecule has 4 aliphatic rings. The van der Waals surface area contributed by atoms with Crippen LogP contribution in [-0.4, -0.2) is 89.3 Å². The summed E-state index contributed by atoms with van der Waals surface area (Å²) in [6.07, 6.45) is 5.41. The van der Waals surface area contributed by atoms with E-state index in [0.29, 0.717) is 36.5 Å². The summed E-state index contributed by atoms with van der Waals surface area (Å²) < 4.78 is 44.1. The molecule has 266 valence electrons. The van der Waals surface area contributed by atoms with E-state index in [0.717, 1.165) is 63.0 Å². The average Bonchev–Trinajstić information content (AvgIpc) is 3.87. The second-order valence-electron chi connectivity index (χ2n) is 14.1. The van der Waals surface area contributed by atoms with Crippen molar-refractivity contribution in [1.29, 1.82) is 5.26 Å². The van der Waals surface area contributed by atoms with Gasteiger partial charge in [-0.1, -0.05) is 24.2 Å². The fraction of sp³-hybridized carbons (Fsp3) is 0.459. The van der Waals surface area contributed by atoms with Crippen LogP contribution >= 0.6 is 22.9 Å². The number of fused-ring (bicyclic) bond motifs is 5. The normalized spacial score (nSPS) is 21.7. The van der Waals surface area contributed by atoms with Crippen LogP contribution in [0.25, 0.3) is 32.1 Å². The van der Waals surface area contributed by atoms with Crippen LogP contribution in [0.5, 0.6) is 6.01 Å². The molecule has 4 fully saturated rings. The molecule has 14 heteroatoms. The molecule has 0 saturated carbocycles. The zero-order chi connectivity index (χ0) is 35.8. The number of halogens is 3. The minimum atomic E-state index is -0.740. The average molecular weight is 734 g/mol. The summed E-state index contributed by atoms with van der Waals surface area (Å²) in [5, 5.41) is 10.7. The van der Waals surface area contributed by atoms with Crippen molar-refractivity contribution in [3.63, 3.8) is 0 Å². The highest BCUT2D eigenvalue weighted by Crippen LogP contribution is 2.47. The van der Waals surface area contributed by atoms with E-state index in [4.69, 9.17) is 31.8 Å². The minimum absolute atomic E-state index is 0.00562. The Kier molecular flexibility index (Phi) is 8.57. The van der Waals surface area contributed by atoms with Gasteiger partial charge in [-0.15, -0.1) is 11.3 Å². The second kappa shape index (κ2) is 12.8. The third-order valence-corrected chi connectivity index (χ3v) is 12.8. The van der Waals surface area contributed by atoms with Crippen molar-refractivity contribution >= 4 is 60.7 Å². The van der Waals surface area contributed by atoms with Gasteiger partial charge in [-0.2, -0.15) is 15.2 Å². The predicted molar refractivity (Wildman–Crippen MR) is 194 cm³/mol. The fourth-order valence-corrected chi connectivity index (χ4v) is 10.0. The fourth-order valence-electron chi connectivity index (χ4n) is 8.77. The van der Waals surface area contributed by atoms with Crippen LogP contribution in [0, 0.1) is 23.0 Å². The maximum Gasteiger partial charge on any atom is 0.319 e. The van der Waals surface area contributed by atoms with Gasteiger partial charge in [-0.25, -0.2) is 8.78 Å². The Morgan fingerprint density at radius 2 is 1.92 bits per heavy atom. The van der Waals surface area contributed by atoms with Crippen molar-refractivity contribution in [3.05, 3.63) is 52.6 Å². The molecule has 0 radical (unpaired) electrons. The number of aromatic nitrogens is 2. The topological polar surface area (TPSA) is 121 Å². The number of nitriles is 1. The largest absolute Gasteiger partial charge is 0.461 e. The summed E-state index contributed by atoms with van der Waals surface area (Å²) in [6.45, 7) is 9.17. The first kappa shape index (κ1) is 34.0. The lowest BCUT2D eigenvalue weighted by Gasteiger charge is -2.42. The third-order valence-electron chi connectivity index (χ3n) is 11.5. The molecule has 0 spiro atoms. The number of nitrogens with two attached hydrogens (primary N) is 1.